The van der Waals surface area contributed by atoms with E-state index in [9.17, 15) is 4.79 Å². The molecule has 1 N–H and O–H groups in total. The summed E-state index contributed by atoms with van der Waals surface area (Å²) in [6.45, 7) is 0.538. The van der Waals surface area contributed by atoms with E-state index in [1.165, 1.54) is 0 Å². The van der Waals surface area contributed by atoms with E-state index in [4.69, 9.17) is 4.74 Å². The molecule has 1 aromatic carbocycles. The van der Waals surface area contributed by atoms with Crippen LogP contribution in [-0.2, 0) is 6.54 Å². The Bertz CT molecular complexity index is 594. The molecule has 1 aromatic heterocycles. The van der Waals surface area contributed by atoms with Crippen LogP contribution in [0.4, 0.5) is 5.82 Å². The lowest BCUT2D eigenvalue weighted by Gasteiger charge is -2.17. The summed E-state index contributed by atoms with van der Waals surface area (Å²) in [4.78, 5) is 18.1. The van der Waals surface area contributed by atoms with Crippen LogP contribution in [0, 0.1) is 0 Å². The third-order valence-electron chi connectivity index (χ3n) is 3.19. The van der Waals surface area contributed by atoms with Crippen molar-refractivity contribution < 1.29 is 9.53 Å². The van der Waals surface area contributed by atoms with Crippen molar-refractivity contribution in [1.29, 1.82) is 0 Å². The topological polar surface area (TPSA) is 54.5 Å². The minimum atomic E-state index is -0.0547. The number of aromatic nitrogens is 1. The maximum atomic E-state index is 12.3. The fourth-order valence-corrected chi connectivity index (χ4v) is 1.97. The molecule has 0 aliphatic heterocycles. The summed E-state index contributed by atoms with van der Waals surface area (Å²) in [5.41, 5.74) is 1.62. The number of hydrogen-bond donors (Lipinski definition) is 1. The highest BCUT2D eigenvalue weighted by atomic mass is 16.5. The predicted octanol–water partition coefficient (Wildman–Crippen LogP) is 2.40. The Kier molecular flexibility index (Phi) is 4.77. The van der Waals surface area contributed by atoms with Gasteiger partial charge in [-0.15, -0.1) is 0 Å². The molecule has 21 heavy (non-hydrogen) atoms. The molecule has 0 saturated carbocycles. The molecule has 110 valence electrons. The van der Waals surface area contributed by atoms with Gasteiger partial charge in [-0.05, 0) is 29.8 Å². The van der Waals surface area contributed by atoms with Crippen LogP contribution in [0.5, 0.6) is 5.75 Å². The van der Waals surface area contributed by atoms with Gasteiger partial charge in [-0.25, -0.2) is 4.98 Å². The SMILES string of the molecule is CNc1ccc(C(=O)N(C)Cc2ccc(OC)cc2)cn1. The van der Waals surface area contributed by atoms with E-state index in [0.717, 1.165) is 17.1 Å². The summed E-state index contributed by atoms with van der Waals surface area (Å²) in [7, 11) is 5.20. The number of hydrogen-bond acceptors (Lipinski definition) is 4. The zero-order valence-electron chi connectivity index (χ0n) is 12.5. The average Bonchev–Trinajstić information content (AvgIpc) is 2.55. The van der Waals surface area contributed by atoms with E-state index < -0.39 is 0 Å². The molecule has 2 rings (SSSR count). The summed E-state index contributed by atoms with van der Waals surface area (Å²) in [5.74, 6) is 1.49. The predicted molar refractivity (Wildman–Crippen MR) is 82.6 cm³/mol. The van der Waals surface area contributed by atoms with E-state index in [-0.39, 0.29) is 5.91 Å². The Labute approximate surface area is 124 Å². The van der Waals surface area contributed by atoms with E-state index >= 15 is 0 Å². The highest BCUT2D eigenvalue weighted by molar-refractivity contribution is 5.93. The molecule has 0 aliphatic rings. The smallest absolute Gasteiger partial charge is 0.255 e. The van der Waals surface area contributed by atoms with E-state index in [1.807, 2.05) is 24.3 Å². The van der Waals surface area contributed by atoms with Gasteiger partial charge in [0, 0.05) is 26.8 Å². The zero-order chi connectivity index (χ0) is 15.2. The number of anilines is 1. The minimum absolute atomic E-state index is 0.0547. The van der Waals surface area contributed by atoms with Gasteiger partial charge in [-0.3, -0.25) is 4.79 Å². The summed E-state index contributed by atoms with van der Waals surface area (Å²) in [5, 5.41) is 2.93. The van der Waals surface area contributed by atoms with Gasteiger partial charge in [0.25, 0.3) is 5.91 Å². The van der Waals surface area contributed by atoms with Crippen molar-refractivity contribution in [3.63, 3.8) is 0 Å². The van der Waals surface area contributed by atoms with Gasteiger partial charge < -0.3 is 15.0 Å². The second kappa shape index (κ2) is 6.74. The Morgan fingerprint density at radius 2 is 1.95 bits per heavy atom. The lowest BCUT2D eigenvalue weighted by atomic mass is 10.2. The minimum Gasteiger partial charge on any atom is -0.497 e. The molecule has 5 nitrogen and oxygen atoms in total. The van der Waals surface area contributed by atoms with Crippen molar-refractivity contribution in [2.75, 3.05) is 26.5 Å². The molecule has 0 aliphatic carbocycles. The van der Waals surface area contributed by atoms with Gasteiger partial charge in [0.05, 0.1) is 12.7 Å². The number of benzene rings is 1. The average molecular weight is 285 g/mol. The van der Waals surface area contributed by atoms with Crippen LogP contribution < -0.4 is 10.1 Å². The number of rotatable bonds is 5. The summed E-state index contributed by atoms with van der Waals surface area (Å²) in [6, 6.07) is 11.2. The van der Waals surface area contributed by atoms with Crippen LogP contribution in [0.25, 0.3) is 0 Å². The van der Waals surface area contributed by atoms with Gasteiger partial charge in [0.15, 0.2) is 0 Å². The van der Waals surface area contributed by atoms with Gasteiger partial charge in [0.2, 0.25) is 0 Å². The van der Waals surface area contributed by atoms with Crippen LogP contribution in [-0.4, -0.2) is 37.0 Å². The lowest BCUT2D eigenvalue weighted by molar-refractivity contribution is 0.0784. The maximum Gasteiger partial charge on any atom is 0.255 e. The number of carbonyl (C=O) groups excluding carboxylic acids is 1. The third-order valence-corrected chi connectivity index (χ3v) is 3.19. The van der Waals surface area contributed by atoms with Crippen molar-refractivity contribution in [2.45, 2.75) is 6.54 Å². The van der Waals surface area contributed by atoms with Gasteiger partial charge in [0.1, 0.15) is 11.6 Å². The van der Waals surface area contributed by atoms with Gasteiger partial charge >= 0.3 is 0 Å². The molecule has 5 heteroatoms. The molecule has 1 amide bonds. The van der Waals surface area contributed by atoms with Crippen LogP contribution in [0.3, 0.4) is 0 Å². The molecule has 2 aromatic rings. The molecule has 1 heterocycles. The number of nitrogens with zero attached hydrogens (tertiary/aromatic N) is 2. The number of pyridine rings is 1. The first-order valence-electron chi connectivity index (χ1n) is 6.66. The highest BCUT2D eigenvalue weighted by Crippen LogP contribution is 2.14. The van der Waals surface area contributed by atoms with Crippen LogP contribution >= 0.6 is 0 Å². The first-order valence-corrected chi connectivity index (χ1v) is 6.66. The first-order chi connectivity index (χ1) is 10.1. The Hall–Kier alpha value is -2.56. The van der Waals surface area contributed by atoms with E-state index in [1.54, 1.807) is 44.4 Å². The molecular formula is C16H19N3O2. The summed E-state index contributed by atoms with van der Waals surface area (Å²) in [6.07, 6.45) is 1.58. The summed E-state index contributed by atoms with van der Waals surface area (Å²) < 4.78 is 5.12. The molecule has 0 atom stereocenters. The second-order valence-corrected chi connectivity index (χ2v) is 4.69. The second-order valence-electron chi connectivity index (χ2n) is 4.69. The molecule has 0 radical (unpaired) electrons. The quantitative estimate of drug-likeness (QED) is 0.916. The van der Waals surface area contributed by atoms with Gasteiger partial charge in [-0.1, -0.05) is 12.1 Å². The standard InChI is InChI=1S/C16H19N3O2/c1-17-15-9-6-13(10-18-15)16(20)19(2)11-12-4-7-14(21-3)8-5-12/h4-10H,11H2,1-3H3,(H,17,18). The van der Waals surface area contributed by atoms with Crippen molar-refractivity contribution in [3.8, 4) is 5.75 Å². The molecule has 0 bridgehead atoms. The molecule has 0 unspecified atom stereocenters. The lowest BCUT2D eigenvalue weighted by Crippen LogP contribution is -2.26. The fourth-order valence-electron chi connectivity index (χ4n) is 1.97. The molecule has 0 fully saturated rings. The first kappa shape index (κ1) is 14.8. The monoisotopic (exact) mass is 285 g/mol. The largest absolute Gasteiger partial charge is 0.497 e. The summed E-state index contributed by atoms with van der Waals surface area (Å²) >= 11 is 0. The number of carbonyl (C=O) groups is 1. The van der Waals surface area contributed by atoms with Crippen LogP contribution in [0.2, 0.25) is 0 Å². The number of amides is 1. The van der Waals surface area contributed by atoms with Crippen molar-refractivity contribution in [3.05, 3.63) is 53.7 Å². The number of ether oxygens (including phenoxy) is 1. The Morgan fingerprint density at radius 3 is 2.48 bits per heavy atom. The van der Waals surface area contributed by atoms with Gasteiger partial charge in [-0.2, -0.15) is 0 Å². The molecular weight excluding hydrogens is 266 g/mol. The Balaban J connectivity index is 2.03. The van der Waals surface area contributed by atoms with Crippen LogP contribution in [0.1, 0.15) is 15.9 Å². The van der Waals surface area contributed by atoms with E-state index in [2.05, 4.69) is 10.3 Å². The highest BCUT2D eigenvalue weighted by Gasteiger charge is 2.12. The van der Waals surface area contributed by atoms with E-state index in [0.29, 0.717) is 12.1 Å². The van der Waals surface area contributed by atoms with Crippen molar-refractivity contribution >= 4 is 11.7 Å². The Morgan fingerprint density at radius 1 is 1.24 bits per heavy atom. The normalized spacial score (nSPS) is 10.0. The van der Waals surface area contributed by atoms with Crippen LogP contribution in [0.15, 0.2) is 42.6 Å². The van der Waals surface area contributed by atoms with Crippen molar-refractivity contribution in [1.82, 2.24) is 9.88 Å². The number of methoxy groups -OCH3 is 1. The zero-order valence-corrected chi connectivity index (χ0v) is 12.5. The number of nitrogens with one attached hydrogen (secondary N) is 1. The van der Waals surface area contributed by atoms with Crippen molar-refractivity contribution in [2.24, 2.45) is 0 Å². The molecule has 0 saturated heterocycles. The third kappa shape index (κ3) is 3.72. The fraction of sp³-hybridized carbons (Fsp3) is 0.250. The molecule has 0 spiro atoms. The maximum absolute atomic E-state index is 12.3.